The Morgan fingerprint density at radius 1 is 1.12 bits per heavy atom. The van der Waals surface area contributed by atoms with E-state index in [9.17, 15) is 9.18 Å². The first-order valence-electron chi connectivity index (χ1n) is 9.57. The summed E-state index contributed by atoms with van der Waals surface area (Å²) in [6.07, 6.45) is 7.55. The van der Waals surface area contributed by atoms with Crippen molar-refractivity contribution in [3.8, 4) is 0 Å². The highest BCUT2D eigenvalue weighted by Gasteiger charge is 2.52. The summed E-state index contributed by atoms with van der Waals surface area (Å²) in [7, 11) is 0. The van der Waals surface area contributed by atoms with Crippen molar-refractivity contribution in [3.05, 3.63) is 35.6 Å². The van der Waals surface area contributed by atoms with Crippen molar-refractivity contribution in [2.45, 2.75) is 49.4 Å². The standard InChI is InChI=1S/C20H25FN2OS/c21-17-4-2-1-3-16(17)18-23(5-6-25-18)19(24)22-20-10-13-7-14(11-20)9-15(8-13)12-20/h1-4,13-15,18H,5-12H2,(H,22,24). The molecule has 0 radical (unpaired) electrons. The van der Waals surface area contributed by atoms with Gasteiger partial charge in [0.2, 0.25) is 0 Å². The molecule has 1 aliphatic heterocycles. The molecule has 1 aromatic carbocycles. The molecule has 0 spiro atoms. The summed E-state index contributed by atoms with van der Waals surface area (Å²) >= 11 is 1.66. The van der Waals surface area contributed by atoms with Crippen LogP contribution in [0.3, 0.4) is 0 Å². The lowest BCUT2D eigenvalue weighted by Gasteiger charge is -2.57. The number of carbonyl (C=O) groups is 1. The Hall–Kier alpha value is -1.23. The number of thioether (sulfide) groups is 1. The average Bonchev–Trinajstić information content (AvgIpc) is 3.03. The molecule has 1 heterocycles. The van der Waals surface area contributed by atoms with Crippen LogP contribution in [-0.4, -0.2) is 28.8 Å². The van der Waals surface area contributed by atoms with E-state index < -0.39 is 0 Å². The van der Waals surface area contributed by atoms with E-state index >= 15 is 0 Å². The molecule has 5 heteroatoms. The molecule has 4 bridgehead atoms. The first-order valence-corrected chi connectivity index (χ1v) is 10.6. The van der Waals surface area contributed by atoms with Gasteiger partial charge in [0.15, 0.2) is 0 Å². The van der Waals surface area contributed by atoms with Gasteiger partial charge < -0.3 is 10.2 Å². The van der Waals surface area contributed by atoms with Crippen molar-refractivity contribution < 1.29 is 9.18 Å². The zero-order valence-corrected chi connectivity index (χ0v) is 15.2. The van der Waals surface area contributed by atoms with Gasteiger partial charge in [0.25, 0.3) is 0 Å². The summed E-state index contributed by atoms with van der Waals surface area (Å²) in [4.78, 5) is 15.0. The molecule has 6 rings (SSSR count). The van der Waals surface area contributed by atoms with E-state index in [1.807, 2.05) is 17.0 Å². The topological polar surface area (TPSA) is 32.3 Å². The summed E-state index contributed by atoms with van der Waals surface area (Å²) in [5.74, 6) is 3.08. The predicted molar refractivity (Wildman–Crippen MR) is 97.7 cm³/mol. The van der Waals surface area contributed by atoms with Gasteiger partial charge in [-0.15, -0.1) is 11.8 Å². The molecule has 1 unspecified atom stereocenters. The molecule has 2 amide bonds. The fraction of sp³-hybridized carbons (Fsp3) is 0.650. The minimum atomic E-state index is -0.213. The number of carbonyl (C=O) groups excluding carboxylic acids is 1. The fourth-order valence-corrected chi connectivity index (χ4v) is 7.45. The number of nitrogens with zero attached hydrogens (tertiary/aromatic N) is 1. The van der Waals surface area contributed by atoms with Crippen LogP contribution in [0.15, 0.2) is 24.3 Å². The van der Waals surface area contributed by atoms with Crippen molar-refractivity contribution >= 4 is 17.8 Å². The minimum Gasteiger partial charge on any atom is -0.332 e. The van der Waals surface area contributed by atoms with E-state index in [2.05, 4.69) is 5.32 Å². The number of hydrogen-bond donors (Lipinski definition) is 1. The Morgan fingerprint density at radius 2 is 1.76 bits per heavy atom. The number of nitrogens with one attached hydrogen (secondary N) is 1. The smallest absolute Gasteiger partial charge is 0.319 e. The van der Waals surface area contributed by atoms with Gasteiger partial charge in [0, 0.05) is 23.4 Å². The van der Waals surface area contributed by atoms with Crippen LogP contribution in [0, 0.1) is 23.6 Å². The van der Waals surface area contributed by atoms with Gasteiger partial charge in [0.1, 0.15) is 11.2 Å². The fourth-order valence-electron chi connectivity index (χ4n) is 6.17. The Bertz CT molecular complexity index is 659. The second kappa shape index (κ2) is 5.90. The molecule has 4 aliphatic carbocycles. The van der Waals surface area contributed by atoms with Crippen LogP contribution in [0.2, 0.25) is 0 Å². The normalized spacial score (nSPS) is 39.0. The second-order valence-corrected chi connectivity index (χ2v) is 9.75. The third kappa shape index (κ3) is 2.75. The highest BCUT2D eigenvalue weighted by atomic mass is 32.2. The van der Waals surface area contributed by atoms with Gasteiger partial charge in [-0.1, -0.05) is 18.2 Å². The van der Waals surface area contributed by atoms with Crippen molar-refractivity contribution in [2.24, 2.45) is 17.8 Å². The molecule has 0 aromatic heterocycles. The Morgan fingerprint density at radius 3 is 2.40 bits per heavy atom. The summed E-state index contributed by atoms with van der Waals surface area (Å²) in [6.45, 7) is 0.696. The van der Waals surface area contributed by atoms with E-state index in [4.69, 9.17) is 0 Å². The third-order valence-electron chi connectivity index (χ3n) is 6.73. The molecule has 5 fully saturated rings. The van der Waals surface area contributed by atoms with Crippen molar-refractivity contribution in [2.75, 3.05) is 12.3 Å². The van der Waals surface area contributed by atoms with Crippen LogP contribution >= 0.6 is 11.8 Å². The molecule has 1 atom stereocenters. The molecule has 5 aliphatic rings. The van der Waals surface area contributed by atoms with E-state index in [1.54, 1.807) is 17.8 Å². The molecule has 134 valence electrons. The van der Waals surface area contributed by atoms with E-state index in [1.165, 1.54) is 25.3 Å². The molecule has 25 heavy (non-hydrogen) atoms. The minimum absolute atomic E-state index is 0.0128. The lowest BCUT2D eigenvalue weighted by atomic mass is 9.53. The average molecular weight is 360 g/mol. The van der Waals surface area contributed by atoms with E-state index in [-0.39, 0.29) is 22.8 Å². The van der Waals surface area contributed by atoms with Gasteiger partial charge in [0.05, 0.1) is 0 Å². The summed E-state index contributed by atoms with van der Waals surface area (Å²) in [5, 5.41) is 3.24. The number of halogens is 1. The van der Waals surface area contributed by atoms with Gasteiger partial charge in [-0.3, -0.25) is 0 Å². The summed E-state index contributed by atoms with van der Waals surface area (Å²) < 4.78 is 14.2. The number of amides is 2. The van der Waals surface area contributed by atoms with Crippen LogP contribution in [-0.2, 0) is 0 Å². The van der Waals surface area contributed by atoms with Crippen LogP contribution in [0.25, 0.3) is 0 Å². The molecule has 4 saturated carbocycles. The van der Waals surface area contributed by atoms with Crippen molar-refractivity contribution in [1.29, 1.82) is 0 Å². The SMILES string of the molecule is O=C(NC12CC3CC(CC(C3)C1)C2)N1CCSC1c1ccccc1F. The number of urea groups is 1. The zero-order chi connectivity index (χ0) is 17.0. The van der Waals surface area contributed by atoms with E-state index in [0.717, 1.165) is 42.8 Å². The molecule has 3 nitrogen and oxygen atoms in total. The lowest BCUT2D eigenvalue weighted by Crippen LogP contribution is -2.61. The monoisotopic (exact) mass is 360 g/mol. The maximum Gasteiger partial charge on any atom is 0.319 e. The molecule has 1 saturated heterocycles. The Labute approximate surface area is 152 Å². The maximum absolute atomic E-state index is 14.2. The third-order valence-corrected chi connectivity index (χ3v) is 7.98. The summed E-state index contributed by atoms with van der Waals surface area (Å²) in [5.41, 5.74) is 0.643. The first-order chi connectivity index (χ1) is 12.1. The predicted octanol–water partition coefficient (Wildman–Crippen LogP) is 4.55. The molecular weight excluding hydrogens is 335 g/mol. The van der Waals surface area contributed by atoms with Crippen molar-refractivity contribution in [1.82, 2.24) is 10.2 Å². The van der Waals surface area contributed by atoms with Gasteiger partial charge in [-0.25, -0.2) is 9.18 Å². The lowest BCUT2D eigenvalue weighted by molar-refractivity contribution is -0.0156. The Kier molecular flexibility index (Phi) is 3.77. The number of benzene rings is 1. The van der Waals surface area contributed by atoms with Gasteiger partial charge >= 0.3 is 6.03 Å². The van der Waals surface area contributed by atoms with Crippen LogP contribution in [0.1, 0.15) is 49.5 Å². The first kappa shape index (κ1) is 16.0. The number of hydrogen-bond acceptors (Lipinski definition) is 2. The van der Waals surface area contributed by atoms with Crippen LogP contribution in [0.4, 0.5) is 9.18 Å². The van der Waals surface area contributed by atoms with Crippen LogP contribution < -0.4 is 5.32 Å². The largest absolute Gasteiger partial charge is 0.332 e. The van der Waals surface area contributed by atoms with Crippen molar-refractivity contribution in [3.63, 3.8) is 0 Å². The van der Waals surface area contributed by atoms with Gasteiger partial charge in [-0.05, 0) is 62.3 Å². The second-order valence-electron chi connectivity index (χ2n) is 8.57. The summed E-state index contributed by atoms with van der Waals surface area (Å²) in [6, 6.07) is 6.87. The highest BCUT2D eigenvalue weighted by Crippen LogP contribution is 2.55. The Balaban J connectivity index is 1.35. The quantitative estimate of drug-likeness (QED) is 0.839. The number of rotatable bonds is 2. The van der Waals surface area contributed by atoms with E-state index in [0.29, 0.717) is 12.1 Å². The molecular formula is C20H25FN2OS. The zero-order valence-electron chi connectivity index (χ0n) is 14.4. The van der Waals surface area contributed by atoms with Crippen LogP contribution in [0.5, 0.6) is 0 Å². The maximum atomic E-state index is 14.2. The highest BCUT2D eigenvalue weighted by molar-refractivity contribution is 7.99. The van der Waals surface area contributed by atoms with Gasteiger partial charge in [-0.2, -0.15) is 0 Å². The molecule has 1 N–H and O–H groups in total. The molecule has 1 aromatic rings.